The Balaban J connectivity index is 1.73. The van der Waals surface area contributed by atoms with E-state index >= 15 is 0 Å². The Labute approximate surface area is 253 Å². The zero-order chi connectivity index (χ0) is 31.8. The molecule has 0 radical (unpaired) electrons. The summed E-state index contributed by atoms with van der Waals surface area (Å²) in [5.74, 6) is -0.739. The minimum atomic E-state index is -0.663. The van der Waals surface area contributed by atoms with Crippen LogP contribution >= 0.6 is 0 Å². The predicted octanol–water partition coefficient (Wildman–Crippen LogP) is 7.05. The molecular formula is C33H42FN5O4. The van der Waals surface area contributed by atoms with Crippen LogP contribution in [0.15, 0.2) is 72.8 Å². The number of anilines is 3. The van der Waals surface area contributed by atoms with Crippen LogP contribution in [0.2, 0.25) is 0 Å². The monoisotopic (exact) mass is 591 g/mol. The molecule has 0 saturated heterocycles. The molecule has 0 atom stereocenters. The minimum absolute atomic E-state index is 0.218. The third kappa shape index (κ3) is 11.1. The Kier molecular flexibility index (Phi) is 10.9. The van der Waals surface area contributed by atoms with Crippen molar-refractivity contribution in [3.05, 3.63) is 89.7 Å². The fourth-order valence-corrected chi connectivity index (χ4v) is 4.65. The van der Waals surface area contributed by atoms with E-state index in [1.54, 1.807) is 74.2 Å². The van der Waals surface area contributed by atoms with Gasteiger partial charge in [-0.1, -0.05) is 38.1 Å². The Hall–Kier alpha value is -4.44. The van der Waals surface area contributed by atoms with Crippen LogP contribution in [-0.4, -0.2) is 60.6 Å². The van der Waals surface area contributed by atoms with Crippen LogP contribution in [0.25, 0.3) is 0 Å². The standard InChI is InChI=1S/C33H42FN5O4/c1-32(2,3)43-31(42)37-28-11-9-8-10-27(28)36-29(40)24-14-12-23(13-15-24)20-39(22-33(4,5)21-38(6)7)30(41)35-26-18-16-25(34)17-19-26/h8-19H,20-22H2,1-7H3,(H,35,41)(H,36,40)(H,37,42). The second kappa shape index (κ2) is 14.2. The number of nitrogens with zero attached hydrogens (tertiary/aromatic N) is 2. The van der Waals surface area contributed by atoms with Crippen LogP contribution in [-0.2, 0) is 11.3 Å². The number of para-hydroxylation sites is 2. The molecule has 3 rings (SSSR count). The number of rotatable bonds is 10. The van der Waals surface area contributed by atoms with Crippen LogP contribution in [0.5, 0.6) is 0 Å². The Morgan fingerprint density at radius 1 is 0.767 bits per heavy atom. The summed E-state index contributed by atoms with van der Waals surface area (Å²) in [6, 6.07) is 19.2. The van der Waals surface area contributed by atoms with Gasteiger partial charge in [0, 0.05) is 30.9 Å². The number of hydrogen-bond donors (Lipinski definition) is 3. The second-order valence-corrected chi connectivity index (χ2v) is 12.5. The molecule has 43 heavy (non-hydrogen) atoms. The first-order valence-electron chi connectivity index (χ1n) is 14.1. The molecule has 10 heteroatoms. The molecule has 0 bridgehead atoms. The zero-order valence-electron chi connectivity index (χ0n) is 26.0. The summed E-state index contributed by atoms with van der Waals surface area (Å²) in [4.78, 5) is 42.5. The van der Waals surface area contributed by atoms with Gasteiger partial charge in [-0.15, -0.1) is 0 Å². The van der Waals surface area contributed by atoms with Crippen molar-refractivity contribution in [1.29, 1.82) is 0 Å². The largest absolute Gasteiger partial charge is 0.444 e. The first kappa shape index (κ1) is 33.1. The lowest BCUT2D eigenvalue weighted by molar-refractivity contribution is 0.0635. The van der Waals surface area contributed by atoms with Gasteiger partial charge in [0.1, 0.15) is 11.4 Å². The Morgan fingerprint density at radius 2 is 1.35 bits per heavy atom. The van der Waals surface area contributed by atoms with Crippen molar-refractivity contribution in [3.63, 3.8) is 0 Å². The highest BCUT2D eigenvalue weighted by molar-refractivity contribution is 6.06. The third-order valence-corrected chi connectivity index (χ3v) is 6.15. The molecule has 0 fully saturated rings. The smallest absolute Gasteiger partial charge is 0.412 e. The van der Waals surface area contributed by atoms with Crippen LogP contribution < -0.4 is 16.0 Å². The van der Waals surface area contributed by atoms with E-state index in [-0.39, 0.29) is 23.2 Å². The van der Waals surface area contributed by atoms with E-state index in [0.717, 1.165) is 12.1 Å². The van der Waals surface area contributed by atoms with Gasteiger partial charge in [0.05, 0.1) is 11.4 Å². The van der Waals surface area contributed by atoms with Gasteiger partial charge in [-0.05, 0) is 94.4 Å². The van der Waals surface area contributed by atoms with Gasteiger partial charge in [0.2, 0.25) is 0 Å². The molecule has 0 aliphatic carbocycles. The van der Waals surface area contributed by atoms with Crippen molar-refractivity contribution in [1.82, 2.24) is 9.80 Å². The number of benzene rings is 3. The van der Waals surface area contributed by atoms with Gasteiger partial charge in [0.25, 0.3) is 5.91 Å². The number of hydrogen-bond acceptors (Lipinski definition) is 5. The molecule has 3 aromatic carbocycles. The van der Waals surface area contributed by atoms with Crippen molar-refractivity contribution < 1.29 is 23.5 Å². The van der Waals surface area contributed by atoms with Crippen molar-refractivity contribution in [2.24, 2.45) is 5.41 Å². The highest BCUT2D eigenvalue weighted by atomic mass is 19.1. The lowest BCUT2D eigenvalue weighted by Crippen LogP contribution is -2.44. The fraction of sp³-hybridized carbons (Fsp3) is 0.364. The number of carbonyl (C=O) groups excluding carboxylic acids is 3. The summed E-state index contributed by atoms with van der Waals surface area (Å²) >= 11 is 0. The van der Waals surface area contributed by atoms with Gasteiger partial charge < -0.3 is 25.2 Å². The number of ether oxygens (including phenoxy) is 1. The molecule has 0 saturated carbocycles. The average Bonchev–Trinajstić information content (AvgIpc) is 2.89. The van der Waals surface area contributed by atoms with Gasteiger partial charge in [-0.2, -0.15) is 0 Å². The summed E-state index contributed by atoms with van der Waals surface area (Å²) < 4.78 is 18.7. The van der Waals surface area contributed by atoms with E-state index < -0.39 is 11.7 Å². The summed E-state index contributed by atoms with van der Waals surface area (Å²) in [5, 5.41) is 8.37. The molecular weight excluding hydrogens is 549 g/mol. The van der Waals surface area contributed by atoms with Crippen LogP contribution in [0.1, 0.15) is 50.5 Å². The minimum Gasteiger partial charge on any atom is -0.444 e. The second-order valence-electron chi connectivity index (χ2n) is 12.5. The Bertz CT molecular complexity index is 1400. The molecule has 3 aromatic rings. The summed E-state index contributed by atoms with van der Waals surface area (Å²) in [5.41, 5.74) is 1.69. The molecule has 0 unspecified atom stereocenters. The maximum Gasteiger partial charge on any atom is 0.412 e. The van der Waals surface area contributed by atoms with Crippen LogP contribution in [0.4, 0.5) is 31.0 Å². The molecule has 0 heterocycles. The zero-order valence-corrected chi connectivity index (χ0v) is 26.0. The first-order chi connectivity index (χ1) is 20.1. The van der Waals surface area contributed by atoms with E-state index in [1.165, 1.54) is 24.3 Å². The highest BCUT2D eigenvalue weighted by Gasteiger charge is 2.26. The number of amides is 4. The maximum absolute atomic E-state index is 13.4. The van der Waals surface area contributed by atoms with E-state index in [4.69, 9.17) is 4.74 Å². The van der Waals surface area contributed by atoms with Gasteiger partial charge >= 0.3 is 12.1 Å². The van der Waals surface area contributed by atoms with Gasteiger partial charge in [-0.3, -0.25) is 10.1 Å². The van der Waals surface area contributed by atoms with E-state index in [2.05, 4.69) is 34.7 Å². The number of nitrogens with one attached hydrogen (secondary N) is 3. The number of carbonyl (C=O) groups is 3. The normalized spacial score (nSPS) is 11.6. The Morgan fingerprint density at radius 3 is 1.91 bits per heavy atom. The molecule has 0 spiro atoms. The quantitative estimate of drug-likeness (QED) is 0.235. The lowest BCUT2D eigenvalue weighted by Gasteiger charge is -2.34. The van der Waals surface area contributed by atoms with Gasteiger partial charge in [-0.25, -0.2) is 14.0 Å². The highest BCUT2D eigenvalue weighted by Crippen LogP contribution is 2.24. The average molecular weight is 592 g/mol. The molecule has 9 nitrogen and oxygen atoms in total. The molecule has 230 valence electrons. The van der Waals surface area contributed by atoms with E-state index in [9.17, 15) is 18.8 Å². The van der Waals surface area contributed by atoms with Crippen LogP contribution in [0, 0.1) is 11.2 Å². The van der Waals surface area contributed by atoms with Crippen molar-refractivity contribution in [3.8, 4) is 0 Å². The van der Waals surface area contributed by atoms with E-state index in [1.807, 2.05) is 14.1 Å². The predicted molar refractivity (Wildman–Crippen MR) is 169 cm³/mol. The summed E-state index contributed by atoms with van der Waals surface area (Å²) in [7, 11) is 3.97. The molecule has 0 aliphatic heterocycles. The number of halogens is 1. The number of urea groups is 1. The third-order valence-electron chi connectivity index (χ3n) is 6.15. The lowest BCUT2D eigenvalue weighted by atomic mass is 9.92. The molecule has 0 aromatic heterocycles. The first-order valence-corrected chi connectivity index (χ1v) is 14.1. The molecule has 3 N–H and O–H groups in total. The summed E-state index contributed by atoms with van der Waals surface area (Å²) in [6.45, 7) is 11.0. The van der Waals surface area contributed by atoms with Crippen molar-refractivity contribution in [2.75, 3.05) is 43.1 Å². The maximum atomic E-state index is 13.4. The topological polar surface area (TPSA) is 103 Å². The van der Waals surface area contributed by atoms with Gasteiger partial charge in [0.15, 0.2) is 0 Å². The summed E-state index contributed by atoms with van der Waals surface area (Å²) in [6.07, 6.45) is -0.625. The fourth-order valence-electron chi connectivity index (χ4n) is 4.65. The van der Waals surface area contributed by atoms with Crippen molar-refractivity contribution >= 4 is 35.1 Å². The molecule has 4 amide bonds. The van der Waals surface area contributed by atoms with Crippen molar-refractivity contribution in [2.45, 2.75) is 46.8 Å². The SMILES string of the molecule is CN(C)CC(C)(C)CN(Cc1ccc(C(=O)Nc2ccccc2NC(=O)OC(C)(C)C)cc1)C(=O)Nc1ccc(F)cc1. The molecule has 0 aliphatic rings. The van der Waals surface area contributed by atoms with Crippen LogP contribution in [0.3, 0.4) is 0 Å². The van der Waals surface area contributed by atoms with E-state index in [0.29, 0.717) is 35.7 Å².